The normalized spacial score (nSPS) is 33.4. The molecule has 0 spiro atoms. The van der Waals surface area contributed by atoms with Crippen LogP contribution in [0.15, 0.2) is 12.2 Å². The molecule has 0 amide bonds. The molecule has 0 atom stereocenters. The number of hydrogen-bond acceptors (Lipinski definition) is 1. The molecule has 2 aliphatic rings. The fraction of sp³-hybridized carbons (Fsp3) is 0.875. The molecule has 0 aliphatic heterocycles. The van der Waals surface area contributed by atoms with Crippen molar-refractivity contribution >= 4 is 0 Å². The van der Waals surface area contributed by atoms with Gasteiger partial charge in [-0.15, -0.1) is 0 Å². The lowest BCUT2D eigenvalue weighted by Crippen LogP contribution is -2.30. The van der Waals surface area contributed by atoms with E-state index in [2.05, 4.69) is 32.1 Å². The highest BCUT2D eigenvalue weighted by atomic mass is 14.4. The van der Waals surface area contributed by atoms with Crippen LogP contribution < -0.4 is 0 Å². The Bertz CT molecular complexity index is 414. The molecule has 0 N–H and O–H groups in total. The summed E-state index contributed by atoms with van der Waals surface area (Å²) in [5.74, 6) is 2.88. The van der Waals surface area contributed by atoms with Crippen LogP contribution in [0.2, 0.25) is 0 Å². The lowest BCUT2D eigenvalue weighted by atomic mass is 9.64. The fourth-order valence-corrected chi connectivity index (χ4v) is 5.20. The van der Waals surface area contributed by atoms with Crippen molar-refractivity contribution in [2.75, 3.05) is 0 Å². The fourth-order valence-electron chi connectivity index (χ4n) is 5.20. The lowest BCUT2D eigenvalue weighted by Gasteiger charge is -2.39. The average Bonchev–Trinajstić information content (AvgIpc) is 2.67. The van der Waals surface area contributed by atoms with Gasteiger partial charge in [0.1, 0.15) is 0 Å². The molecule has 1 nitrogen and oxygen atoms in total. The molecule has 0 bridgehead atoms. The lowest BCUT2D eigenvalue weighted by molar-refractivity contribution is 0.136. The third kappa shape index (κ3) is 6.47. The van der Waals surface area contributed by atoms with Gasteiger partial charge in [0.25, 0.3) is 0 Å². The maximum absolute atomic E-state index is 9.76. The van der Waals surface area contributed by atoms with Crippen LogP contribution in [0.4, 0.5) is 0 Å². The molecule has 25 heavy (non-hydrogen) atoms. The smallest absolute Gasteiger partial charge is 0.0753 e. The van der Waals surface area contributed by atoms with Gasteiger partial charge in [-0.05, 0) is 69.1 Å². The summed E-state index contributed by atoms with van der Waals surface area (Å²) in [6.07, 6.45) is 24.5. The number of nitriles is 1. The summed E-state index contributed by atoms with van der Waals surface area (Å²) in [5.41, 5.74) is -0.138. The van der Waals surface area contributed by atoms with Crippen molar-refractivity contribution in [3.05, 3.63) is 12.2 Å². The van der Waals surface area contributed by atoms with E-state index in [0.717, 1.165) is 37.0 Å². The molecule has 0 heterocycles. The quantitative estimate of drug-likeness (QED) is 0.309. The Morgan fingerprint density at radius 2 is 1.52 bits per heavy atom. The van der Waals surface area contributed by atoms with Gasteiger partial charge in [0, 0.05) is 0 Å². The summed E-state index contributed by atoms with van der Waals surface area (Å²) < 4.78 is 0. The molecule has 2 fully saturated rings. The first-order valence-electron chi connectivity index (χ1n) is 11.3. The van der Waals surface area contributed by atoms with Crippen molar-refractivity contribution in [2.24, 2.45) is 23.2 Å². The van der Waals surface area contributed by atoms with Gasteiger partial charge >= 0.3 is 0 Å². The third-order valence-electron chi connectivity index (χ3n) is 7.08. The monoisotopic (exact) mass is 343 g/mol. The van der Waals surface area contributed by atoms with Gasteiger partial charge in [-0.2, -0.15) is 5.26 Å². The summed E-state index contributed by atoms with van der Waals surface area (Å²) in [6, 6.07) is 2.68. The van der Waals surface area contributed by atoms with E-state index >= 15 is 0 Å². The van der Waals surface area contributed by atoms with Crippen LogP contribution >= 0.6 is 0 Å². The van der Waals surface area contributed by atoms with Gasteiger partial charge in [-0.3, -0.25) is 0 Å². The van der Waals surface area contributed by atoms with Crippen LogP contribution in [0, 0.1) is 34.5 Å². The molecule has 0 unspecified atom stereocenters. The molecule has 1 heteroatoms. The minimum atomic E-state index is -0.138. The van der Waals surface area contributed by atoms with Gasteiger partial charge in [-0.25, -0.2) is 0 Å². The molecule has 0 aromatic carbocycles. The molecule has 0 radical (unpaired) electrons. The zero-order valence-electron chi connectivity index (χ0n) is 16.9. The minimum absolute atomic E-state index is 0.138. The first-order valence-corrected chi connectivity index (χ1v) is 11.3. The third-order valence-corrected chi connectivity index (χ3v) is 7.08. The summed E-state index contributed by atoms with van der Waals surface area (Å²) in [5, 5.41) is 9.76. The summed E-state index contributed by atoms with van der Waals surface area (Å²) in [6.45, 7) is 4.56. The van der Waals surface area contributed by atoms with Crippen molar-refractivity contribution in [3.8, 4) is 6.07 Å². The van der Waals surface area contributed by atoms with E-state index in [1.807, 2.05) is 0 Å². The number of hydrogen-bond donors (Lipinski definition) is 0. The Hall–Kier alpha value is -0.770. The summed E-state index contributed by atoms with van der Waals surface area (Å²) >= 11 is 0. The van der Waals surface area contributed by atoms with Crippen LogP contribution in [0.25, 0.3) is 0 Å². The number of unbranched alkanes of at least 4 members (excludes halogenated alkanes) is 4. The maximum atomic E-state index is 9.76. The van der Waals surface area contributed by atoms with Crippen molar-refractivity contribution in [2.45, 2.75) is 110 Å². The zero-order valence-corrected chi connectivity index (χ0v) is 16.9. The first-order chi connectivity index (χ1) is 12.2. The van der Waals surface area contributed by atoms with E-state index in [1.165, 1.54) is 77.0 Å². The topological polar surface area (TPSA) is 23.8 Å². The van der Waals surface area contributed by atoms with E-state index < -0.39 is 0 Å². The van der Waals surface area contributed by atoms with Gasteiger partial charge in [-0.1, -0.05) is 70.9 Å². The van der Waals surface area contributed by atoms with Crippen LogP contribution in [0.5, 0.6) is 0 Å². The highest BCUT2D eigenvalue weighted by molar-refractivity contribution is 5.14. The van der Waals surface area contributed by atoms with E-state index in [1.54, 1.807) is 0 Å². The van der Waals surface area contributed by atoms with Crippen LogP contribution in [-0.4, -0.2) is 0 Å². The predicted molar refractivity (Wildman–Crippen MR) is 108 cm³/mol. The SMILES string of the molecule is CCCCCC=C[C@]1(C#N)CC[C@@H](C2CCC(CCCC)CC2)CC1. The molecule has 2 aliphatic carbocycles. The molecule has 2 rings (SSSR count). The molecular formula is C24H41N. The van der Waals surface area contributed by atoms with Crippen molar-refractivity contribution in [1.29, 1.82) is 5.26 Å². The average molecular weight is 344 g/mol. The number of nitrogens with zero attached hydrogens (tertiary/aromatic N) is 1. The van der Waals surface area contributed by atoms with Crippen LogP contribution in [0.3, 0.4) is 0 Å². The second-order valence-corrected chi connectivity index (χ2v) is 8.93. The second kappa shape index (κ2) is 11.1. The van der Waals surface area contributed by atoms with Gasteiger partial charge in [0.15, 0.2) is 0 Å². The molecule has 0 aromatic heterocycles. The molecule has 142 valence electrons. The van der Waals surface area contributed by atoms with Crippen molar-refractivity contribution in [3.63, 3.8) is 0 Å². The first kappa shape index (κ1) is 20.5. The standard InChI is InChI=1S/C24H41N/c1-3-5-7-8-9-17-24(20-25)18-15-23(16-19-24)22-13-11-21(12-14-22)10-6-4-2/h9,17,21-23H,3-8,10-16,18-19H2,1-2H3/t21?,22?,23-,24+. The van der Waals surface area contributed by atoms with Gasteiger partial charge in [0.2, 0.25) is 0 Å². The number of rotatable bonds is 9. The largest absolute Gasteiger partial charge is 0.197 e. The predicted octanol–water partition coefficient (Wildman–Crippen LogP) is 7.82. The Kier molecular flexibility index (Phi) is 9.08. The van der Waals surface area contributed by atoms with E-state index in [9.17, 15) is 5.26 Å². The van der Waals surface area contributed by atoms with Gasteiger partial charge < -0.3 is 0 Å². The molecule has 2 saturated carbocycles. The zero-order chi connectivity index (χ0) is 18.0. The van der Waals surface area contributed by atoms with E-state index in [4.69, 9.17) is 0 Å². The minimum Gasteiger partial charge on any atom is -0.197 e. The van der Waals surface area contributed by atoms with Crippen molar-refractivity contribution < 1.29 is 0 Å². The Balaban J connectivity index is 1.74. The Labute approximate surface area is 157 Å². The highest BCUT2D eigenvalue weighted by Crippen LogP contribution is 2.46. The highest BCUT2D eigenvalue weighted by Gasteiger charge is 2.37. The maximum Gasteiger partial charge on any atom is 0.0753 e. The number of allylic oxidation sites excluding steroid dienone is 2. The summed E-state index contributed by atoms with van der Waals surface area (Å²) in [7, 11) is 0. The van der Waals surface area contributed by atoms with E-state index in [-0.39, 0.29) is 5.41 Å². The Morgan fingerprint density at radius 3 is 2.12 bits per heavy atom. The summed E-state index contributed by atoms with van der Waals surface area (Å²) in [4.78, 5) is 0. The van der Waals surface area contributed by atoms with Gasteiger partial charge in [0.05, 0.1) is 11.5 Å². The van der Waals surface area contributed by atoms with Crippen LogP contribution in [0.1, 0.15) is 110 Å². The van der Waals surface area contributed by atoms with Crippen molar-refractivity contribution in [1.82, 2.24) is 0 Å². The Morgan fingerprint density at radius 1 is 0.880 bits per heavy atom. The second-order valence-electron chi connectivity index (χ2n) is 8.93. The molecule has 0 aromatic rings. The van der Waals surface area contributed by atoms with Crippen LogP contribution in [-0.2, 0) is 0 Å². The molecular weight excluding hydrogens is 302 g/mol. The van der Waals surface area contributed by atoms with E-state index in [0.29, 0.717) is 0 Å². The molecule has 0 saturated heterocycles.